The molecule has 0 bridgehead atoms. The molecule has 1 unspecified atom stereocenters. The number of hydrogen-bond acceptors (Lipinski definition) is 4. The van der Waals surface area contributed by atoms with Gasteiger partial charge in [0.1, 0.15) is 5.52 Å². The van der Waals surface area contributed by atoms with Crippen LogP contribution < -0.4 is 5.73 Å². The number of nitrogen functional groups attached to an aromatic ring is 1. The van der Waals surface area contributed by atoms with Crippen molar-refractivity contribution in [2.24, 2.45) is 0 Å². The lowest BCUT2D eigenvalue weighted by Gasteiger charge is -2.07. The van der Waals surface area contributed by atoms with Crippen molar-refractivity contribution in [3.05, 3.63) is 48.4 Å². The monoisotopic (exact) mass is 314 g/mol. The van der Waals surface area contributed by atoms with Crippen LogP contribution >= 0.6 is 0 Å². The highest BCUT2D eigenvalue weighted by atomic mass is 32.2. The Hall–Kier alpha value is -2.21. The molecule has 1 aromatic carbocycles. The predicted molar refractivity (Wildman–Crippen MR) is 89.0 cm³/mol. The van der Waals surface area contributed by atoms with E-state index in [9.17, 15) is 4.21 Å². The van der Waals surface area contributed by atoms with E-state index in [1.54, 1.807) is 12.5 Å². The van der Waals surface area contributed by atoms with Crippen LogP contribution in [0.25, 0.3) is 11.0 Å². The van der Waals surface area contributed by atoms with E-state index < -0.39 is 10.8 Å². The van der Waals surface area contributed by atoms with E-state index in [0.717, 1.165) is 34.5 Å². The van der Waals surface area contributed by atoms with Crippen LogP contribution in [0.15, 0.2) is 47.8 Å². The standard InChI is InChI=1S/C16H18N4OS/c1-12-10-18-16(17)14-15(12)20(11-19-14)8-5-9-22(21)13-6-3-2-4-7-13/h2-4,6-7,10-11H,5,8-9H2,1H3,(H2,17,18). The second kappa shape index (κ2) is 6.27. The average Bonchev–Trinajstić information content (AvgIpc) is 2.97. The van der Waals surface area contributed by atoms with Gasteiger partial charge in [0.15, 0.2) is 5.82 Å². The van der Waals surface area contributed by atoms with Crippen LogP contribution in [0.2, 0.25) is 0 Å². The number of fused-ring (bicyclic) bond motifs is 1. The molecular formula is C16H18N4OS. The van der Waals surface area contributed by atoms with Crippen molar-refractivity contribution < 1.29 is 4.21 Å². The van der Waals surface area contributed by atoms with Gasteiger partial charge < -0.3 is 10.3 Å². The Morgan fingerprint density at radius 3 is 2.77 bits per heavy atom. The fourth-order valence-corrected chi connectivity index (χ4v) is 3.59. The molecule has 22 heavy (non-hydrogen) atoms. The van der Waals surface area contributed by atoms with Crippen molar-refractivity contribution in [1.29, 1.82) is 0 Å². The largest absolute Gasteiger partial charge is 0.382 e. The lowest BCUT2D eigenvalue weighted by Crippen LogP contribution is -2.04. The molecule has 2 aromatic heterocycles. The molecule has 3 rings (SSSR count). The van der Waals surface area contributed by atoms with E-state index >= 15 is 0 Å². The first-order valence-electron chi connectivity index (χ1n) is 7.16. The van der Waals surface area contributed by atoms with E-state index in [1.165, 1.54) is 0 Å². The molecule has 2 N–H and O–H groups in total. The van der Waals surface area contributed by atoms with Crippen LogP contribution in [0.5, 0.6) is 0 Å². The molecule has 3 aromatic rings. The highest BCUT2D eigenvalue weighted by Gasteiger charge is 2.10. The van der Waals surface area contributed by atoms with Crippen LogP contribution in [0.1, 0.15) is 12.0 Å². The van der Waals surface area contributed by atoms with Gasteiger partial charge in [-0.15, -0.1) is 0 Å². The normalized spacial score (nSPS) is 12.6. The number of anilines is 1. The second-order valence-corrected chi connectivity index (χ2v) is 6.75. The third-order valence-electron chi connectivity index (χ3n) is 3.59. The van der Waals surface area contributed by atoms with Crippen molar-refractivity contribution in [3.63, 3.8) is 0 Å². The summed E-state index contributed by atoms with van der Waals surface area (Å²) in [4.78, 5) is 9.33. The van der Waals surface area contributed by atoms with Crippen LogP contribution in [0.3, 0.4) is 0 Å². The maximum atomic E-state index is 12.2. The maximum absolute atomic E-state index is 12.2. The van der Waals surface area contributed by atoms with Crippen molar-refractivity contribution in [2.75, 3.05) is 11.5 Å². The molecule has 0 aliphatic heterocycles. The molecule has 0 radical (unpaired) electrons. The molecule has 0 amide bonds. The van der Waals surface area contributed by atoms with Gasteiger partial charge in [-0.25, -0.2) is 9.97 Å². The Morgan fingerprint density at radius 2 is 2.00 bits per heavy atom. The van der Waals surface area contributed by atoms with Crippen LogP contribution in [0.4, 0.5) is 5.82 Å². The highest BCUT2D eigenvalue weighted by Crippen LogP contribution is 2.21. The minimum atomic E-state index is -0.959. The highest BCUT2D eigenvalue weighted by molar-refractivity contribution is 7.85. The number of rotatable bonds is 5. The topological polar surface area (TPSA) is 73.8 Å². The quantitative estimate of drug-likeness (QED) is 0.785. The number of nitrogens with zero attached hydrogens (tertiary/aromatic N) is 3. The maximum Gasteiger partial charge on any atom is 0.151 e. The number of pyridine rings is 1. The molecular weight excluding hydrogens is 296 g/mol. The van der Waals surface area contributed by atoms with Gasteiger partial charge in [-0.05, 0) is 31.0 Å². The SMILES string of the molecule is Cc1cnc(N)c2ncn(CCCS(=O)c3ccccc3)c12. The molecule has 0 aliphatic rings. The number of aromatic nitrogens is 3. The molecule has 0 saturated heterocycles. The average molecular weight is 314 g/mol. The number of nitrogens with two attached hydrogens (primary N) is 1. The molecule has 6 heteroatoms. The summed E-state index contributed by atoms with van der Waals surface area (Å²) in [7, 11) is -0.959. The zero-order chi connectivity index (χ0) is 15.5. The number of aryl methyl sites for hydroxylation is 2. The van der Waals surface area contributed by atoms with Gasteiger partial charge in [0.25, 0.3) is 0 Å². The van der Waals surface area contributed by atoms with Gasteiger partial charge in [0.05, 0.1) is 22.6 Å². The Balaban J connectivity index is 1.70. The first-order chi connectivity index (χ1) is 10.7. The zero-order valence-electron chi connectivity index (χ0n) is 12.4. The molecule has 0 aliphatic carbocycles. The van der Waals surface area contributed by atoms with E-state index in [0.29, 0.717) is 11.6 Å². The fourth-order valence-electron chi connectivity index (χ4n) is 2.50. The smallest absolute Gasteiger partial charge is 0.151 e. The van der Waals surface area contributed by atoms with Crippen LogP contribution in [-0.4, -0.2) is 24.5 Å². The minimum absolute atomic E-state index is 0.451. The molecule has 1 atom stereocenters. The summed E-state index contributed by atoms with van der Waals surface area (Å²) in [5, 5.41) is 0. The van der Waals surface area contributed by atoms with Gasteiger partial charge in [0, 0.05) is 23.4 Å². The molecule has 0 spiro atoms. The van der Waals surface area contributed by atoms with Crippen LogP contribution in [-0.2, 0) is 17.3 Å². The summed E-state index contributed by atoms with van der Waals surface area (Å²) in [6, 6.07) is 9.56. The third-order valence-corrected chi connectivity index (χ3v) is 5.04. The summed E-state index contributed by atoms with van der Waals surface area (Å²) in [6.45, 7) is 2.76. The Labute approximate surface area is 131 Å². The Kier molecular flexibility index (Phi) is 4.20. The second-order valence-electron chi connectivity index (χ2n) is 5.18. The number of hydrogen-bond donors (Lipinski definition) is 1. The predicted octanol–water partition coefficient (Wildman–Crippen LogP) is 2.52. The summed E-state index contributed by atoms with van der Waals surface area (Å²) in [5.74, 6) is 1.08. The lowest BCUT2D eigenvalue weighted by molar-refractivity contribution is 0.664. The Morgan fingerprint density at radius 1 is 1.23 bits per heavy atom. The van der Waals surface area contributed by atoms with Gasteiger partial charge in [-0.1, -0.05) is 18.2 Å². The van der Waals surface area contributed by atoms with Crippen molar-refractivity contribution >= 4 is 27.7 Å². The lowest BCUT2D eigenvalue weighted by atomic mass is 10.2. The van der Waals surface area contributed by atoms with Gasteiger partial charge in [-0.3, -0.25) is 4.21 Å². The van der Waals surface area contributed by atoms with E-state index in [4.69, 9.17) is 5.73 Å². The molecule has 5 nitrogen and oxygen atoms in total. The third kappa shape index (κ3) is 2.87. The van der Waals surface area contributed by atoms with E-state index in [-0.39, 0.29) is 0 Å². The first-order valence-corrected chi connectivity index (χ1v) is 8.48. The minimum Gasteiger partial charge on any atom is -0.382 e. The van der Waals surface area contributed by atoms with Crippen molar-refractivity contribution in [2.45, 2.75) is 24.8 Å². The summed E-state index contributed by atoms with van der Waals surface area (Å²) >= 11 is 0. The van der Waals surface area contributed by atoms with Gasteiger partial charge >= 0.3 is 0 Å². The molecule has 0 fully saturated rings. The Bertz CT molecular complexity index is 814. The van der Waals surface area contributed by atoms with Crippen molar-refractivity contribution in [1.82, 2.24) is 14.5 Å². The van der Waals surface area contributed by atoms with Crippen molar-refractivity contribution in [3.8, 4) is 0 Å². The fraction of sp³-hybridized carbons (Fsp3) is 0.250. The van der Waals surface area contributed by atoms with Crippen LogP contribution in [0, 0.1) is 6.92 Å². The zero-order valence-corrected chi connectivity index (χ0v) is 13.2. The number of benzene rings is 1. The molecule has 114 valence electrons. The summed E-state index contributed by atoms with van der Waals surface area (Å²) < 4.78 is 14.3. The van der Waals surface area contributed by atoms with E-state index in [2.05, 4.69) is 14.5 Å². The summed E-state index contributed by atoms with van der Waals surface area (Å²) in [5.41, 5.74) is 8.65. The molecule has 2 heterocycles. The first kappa shape index (κ1) is 14.7. The molecule has 0 saturated carbocycles. The van der Waals surface area contributed by atoms with Gasteiger partial charge in [0.2, 0.25) is 0 Å². The van der Waals surface area contributed by atoms with Gasteiger partial charge in [-0.2, -0.15) is 0 Å². The van der Waals surface area contributed by atoms with E-state index in [1.807, 2.05) is 37.3 Å². The number of imidazole rings is 1. The summed E-state index contributed by atoms with van der Waals surface area (Å²) in [6.07, 6.45) is 4.35.